The molecule has 32 heavy (non-hydrogen) atoms. The van der Waals surface area contributed by atoms with Crippen LogP contribution in [-0.4, -0.2) is 41.7 Å². The van der Waals surface area contributed by atoms with E-state index in [-0.39, 0.29) is 30.2 Å². The van der Waals surface area contributed by atoms with Gasteiger partial charge in [0.05, 0.1) is 12.9 Å². The molecule has 2 aromatic rings. The Labute approximate surface area is 204 Å². The van der Waals surface area contributed by atoms with Crippen molar-refractivity contribution in [2.24, 2.45) is 0 Å². The van der Waals surface area contributed by atoms with Crippen molar-refractivity contribution in [1.82, 2.24) is 10.2 Å². The molecular weight excluding hydrogens is 467 g/mol. The number of rotatable bonds is 11. The molecule has 0 unspecified atom stereocenters. The third-order valence-corrected chi connectivity index (χ3v) is 6.40. The predicted octanol–water partition coefficient (Wildman–Crippen LogP) is 5.57. The minimum absolute atomic E-state index is 0.0166. The molecule has 2 aromatic carbocycles. The minimum atomic E-state index is -0.585. The number of halogens is 2. The highest BCUT2D eigenvalue weighted by Gasteiger charge is 2.29. The van der Waals surface area contributed by atoms with Gasteiger partial charge in [-0.3, -0.25) is 9.59 Å². The van der Waals surface area contributed by atoms with Crippen molar-refractivity contribution in [2.45, 2.75) is 51.6 Å². The van der Waals surface area contributed by atoms with Crippen LogP contribution >= 0.6 is 35.0 Å². The number of carbonyl (C=O) groups excluding carboxylic acids is 2. The second kappa shape index (κ2) is 13.0. The summed E-state index contributed by atoms with van der Waals surface area (Å²) in [4.78, 5) is 27.7. The van der Waals surface area contributed by atoms with Crippen LogP contribution in [0.4, 0.5) is 0 Å². The molecule has 0 radical (unpaired) electrons. The molecule has 5 nitrogen and oxygen atoms in total. The lowest BCUT2D eigenvalue weighted by Gasteiger charge is -2.31. The van der Waals surface area contributed by atoms with E-state index in [1.807, 2.05) is 45.0 Å². The zero-order valence-electron chi connectivity index (χ0n) is 18.9. The van der Waals surface area contributed by atoms with Crippen LogP contribution in [-0.2, 0) is 21.9 Å². The van der Waals surface area contributed by atoms with Gasteiger partial charge in [-0.25, -0.2) is 0 Å². The van der Waals surface area contributed by atoms with Crippen molar-refractivity contribution in [3.63, 3.8) is 0 Å². The van der Waals surface area contributed by atoms with E-state index in [2.05, 4.69) is 5.32 Å². The molecule has 0 heterocycles. The van der Waals surface area contributed by atoms with E-state index in [0.29, 0.717) is 22.2 Å². The number of benzene rings is 2. The molecule has 2 rings (SSSR count). The van der Waals surface area contributed by atoms with Gasteiger partial charge in [0.15, 0.2) is 0 Å². The maximum Gasteiger partial charge on any atom is 0.243 e. The number of methoxy groups -OCH3 is 1. The molecule has 0 aliphatic carbocycles. The molecule has 2 amide bonds. The predicted molar refractivity (Wildman–Crippen MR) is 134 cm³/mol. The average molecular weight is 497 g/mol. The third-order valence-electron chi connectivity index (χ3n) is 4.83. The molecular formula is C24H30Cl2N2O3S. The summed E-state index contributed by atoms with van der Waals surface area (Å²) in [6.07, 6.45) is 0.499. The van der Waals surface area contributed by atoms with Gasteiger partial charge in [-0.2, -0.15) is 0 Å². The molecule has 0 aliphatic heterocycles. The maximum atomic E-state index is 13.2. The van der Waals surface area contributed by atoms with E-state index in [9.17, 15) is 9.59 Å². The lowest BCUT2D eigenvalue weighted by molar-refractivity contribution is -0.139. The molecule has 0 bridgehead atoms. The average Bonchev–Trinajstić information content (AvgIpc) is 2.75. The number of amides is 2. The summed E-state index contributed by atoms with van der Waals surface area (Å²) in [5, 5.41) is 3.92. The maximum absolute atomic E-state index is 13.2. The van der Waals surface area contributed by atoms with Crippen LogP contribution in [0.25, 0.3) is 0 Å². The Morgan fingerprint density at radius 1 is 1.12 bits per heavy atom. The summed E-state index contributed by atoms with van der Waals surface area (Å²) in [7, 11) is 1.63. The van der Waals surface area contributed by atoms with Crippen LogP contribution in [0, 0.1) is 0 Å². The standard InChI is InChI=1S/C24H30Cl2N2O3S/c1-5-22(24(30)27-16(2)3)28(13-18-8-9-19(25)12-21(18)26)23(29)15-32-14-17-6-10-20(31-4)11-7-17/h6-12,16,22H,5,13-15H2,1-4H3,(H,27,30)/t22-/m0/s1. The third kappa shape index (κ3) is 7.91. The highest BCUT2D eigenvalue weighted by molar-refractivity contribution is 7.99. The van der Waals surface area contributed by atoms with Gasteiger partial charge in [0.1, 0.15) is 11.8 Å². The summed E-state index contributed by atoms with van der Waals surface area (Å²) in [6.45, 7) is 5.94. The number of nitrogens with zero attached hydrogens (tertiary/aromatic N) is 1. The Bertz CT molecular complexity index is 907. The molecule has 0 aromatic heterocycles. The second-order valence-corrected chi connectivity index (χ2v) is 9.51. The smallest absolute Gasteiger partial charge is 0.243 e. The van der Waals surface area contributed by atoms with Gasteiger partial charge in [-0.1, -0.05) is 48.3 Å². The summed E-state index contributed by atoms with van der Waals surface area (Å²) in [5.41, 5.74) is 1.85. The molecule has 174 valence electrons. The number of thioether (sulfide) groups is 1. The first-order chi connectivity index (χ1) is 15.2. The first kappa shape index (κ1) is 26.4. The van der Waals surface area contributed by atoms with Crippen LogP contribution in [0.15, 0.2) is 42.5 Å². The van der Waals surface area contributed by atoms with Crippen LogP contribution in [0.3, 0.4) is 0 Å². The SMILES string of the molecule is CC[C@@H](C(=O)NC(C)C)N(Cc1ccc(Cl)cc1Cl)C(=O)CSCc1ccc(OC)cc1. The van der Waals surface area contributed by atoms with E-state index < -0.39 is 6.04 Å². The minimum Gasteiger partial charge on any atom is -0.497 e. The Morgan fingerprint density at radius 3 is 2.38 bits per heavy atom. The number of nitrogens with one attached hydrogen (secondary N) is 1. The van der Waals surface area contributed by atoms with Crippen molar-refractivity contribution >= 4 is 46.8 Å². The number of hydrogen-bond acceptors (Lipinski definition) is 4. The van der Waals surface area contributed by atoms with Crippen molar-refractivity contribution in [3.05, 3.63) is 63.6 Å². The van der Waals surface area contributed by atoms with E-state index in [1.54, 1.807) is 30.2 Å². The Balaban J connectivity index is 2.15. The van der Waals surface area contributed by atoms with Crippen molar-refractivity contribution < 1.29 is 14.3 Å². The molecule has 1 N–H and O–H groups in total. The largest absolute Gasteiger partial charge is 0.497 e. The molecule has 0 spiro atoms. The number of hydrogen-bond donors (Lipinski definition) is 1. The van der Waals surface area contributed by atoms with Crippen molar-refractivity contribution in [1.29, 1.82) is 0 Å². The van der Waals surface area contributed by atoms with Gasteiger partial charge in [-0.15, -0.1) is 11.8 Å². The normalized spacial score (nSPS) is 11.8. The van der Waals surface area contributed by atoms with E-state index >= 15 is 0 Å². The second-order valence-electron chi connectivity index (χ2n) is 7.69. The van der Waals surface area contributed by atoms with Crippen molar-refractivity contribution in [3.8, 4) is 5.75 Å². The van der Waals surface area contributed by atoms with Crippen LogP contribution in [0.5, 0.6) is 5.75 Å². The molecule has 0 aliphatic rings. The first-order valence-corrected chi connectivity index (χ1v) is 12.4. The molecule has 0 saturated heterocycles. The topological polar surface area (TPSA) is 58.6 Å². The van der Waals surface area contributed by atoms with Crippen molar-refractivity contribution in [2.75, 3.05) is 12.9 Å². The van der Waals surface area contributed by atoms with E-state index in [0.717, 1.165) is 16.9 Å². The summed E-state index contributed by atoms with van der Waals surface area (Å²) in [6, 6.07) is 12.3. The van der Waals surface area contributed by atoms with Gasteiger partial charge in [0.25, 0.3) is 0 Å². The van der Waals surface area contributed by atoms with E-state index in [1.165, 1.54) is 11.8 Å². The summed E-state index contributed by atoms with van der Waals surface area (Å²) in [5.74, 6) is 1.45. The fraction of sp³-hybridized carbons (Fsp3) is 0.417. The fourth-order valence-electron chi connectivity index (χ4n) is 3.19. The molecule has 8 heteroatoms. The first-order valence-electron chi connectivity index (χ1n) is 10.5. The highest BCUT2D eigenvalue weighted by atomic mass is 35.5. The molecule has 1 atom stereocenters. The van der Waals surface area contributed by atoms with Crippen LogP contribution < -0.4 is 10.1 Å². The zero-order chi connectivity index (χ0) is 23.7. The van der Waals surface area contributed by atoms with Gasteiger partial charge in [0.2, 0.25) is 11.8 Å². The summed E-state index contributed by atoms with van der Waals surface area (Å²) >= 11 is 13.9. The number of carbonyl (C=O) groups is 2. The quantitative estimate of drug-likeness (QED) is 0.441. The Morgan fingerprint density at radius 2 is 1.81 bits per heavy atom. The zero-order valence-corrected chi connectivity index (χ0v) is 21.2. The Kier molecular flexibility index (Phi) is 10.7. The fourth-order valence-corrected chi connectivity index (χ4v) is 4.53. The highest BCUT2D eigenvalue weighted by Crippen LogP contribution is 2.25. The monoisotopic (exact) mass is 496 g/mol. The van der Waals surface area contributed by atoms with E-state index in [4.69, 9.17) is 27.9 Å². The van der Waals surface area contributed by atoms with Gasteiger partial charge < -0.3 is 15.0 Å². The Hall–Kier alpha value is -1.89. The van der Waals surface area contributed by atoms with Crippen LogP contribution in [0.1, 0.15) is 38.3 Å². The summed E-state index contributed by atoms with van der Waals surface area (Å²) < 4.78 is 5.18. The van der Waals surface area contributed by atoms with Crippen LogP contribution in [0.2, 0.25) is 10.0 Å². The molecule has 0 fully saturated rings. The van der Waals surface area contributed by atoms with Gasteiger partial charge >= 0.3 is 0 Å². The number of ether oxygens (including phenoxy) is 1. The molecule has 0 saturated carbocycles. The lowest BCUT2D eigenvalue weighted by Crippen LogP contribution is -2.51. The lowest BCUT2D eigenvalue weighted by atomic mass is 10.1. The van der Waals surface area contributed by atoms with Gasteiger partial charge in [-0.05, 0) is 55.7 Å². The van der Waals surface area contributed by atoms with Gasteiger partial charge in [0, 0.05) is 28.4 Å².